The van der Waals surface area contributed by atoms with Gasteiger partial charge in [-0.1, -0.05) is 30.3 Å². The van der Waals surface area contributed by atoms with E-state index in [1.165, 1.54) is 9.91 Å². The molecule has 1 heterocycles. The molecule has 0 unspecified atom stereocenters. The topological polar surface area (TPSA) is 91.0 Å². The first kappa shape index (κ1) is 22.1. The van der Waals surface area contributed by atoms with E-state index < -0.39 is 18.0 Å². The van der Waals surface area contributed by atoms with E-state index in [1.54, 1.807) is 31.4 Å². The van der Waals surface area contributed by atoms with Crippen molar-refractivity contribution in [3.05, 3.63) is 65.7 Å². The average Bonchev–Trinajstić information content (AvgIpc) is 3.12. The first-order chi connectivity index (χ1) is 14.9. The van der Waals surface area contributed by atoms with Crippen LogP contribution < -0.4 is 15.5 Å². The monoisotopic (exact) mass is 424 g/mol. The van der Waals surface area contributed by atoms with Gasteiger partial charge in [0.25, 0.3) is 5.91 Å². The zero-order chi connectivity index (χ0) is 22.4. The Balaban J connectivity index is 1.71. The van der Waals surface area contributed by atoms with Gasteiger partial charge in [-0.25, -0.2) is 9.80 Å². The Bertz CT molecular complexity index is 915. The molecule has 1 atom stereocenters. The number of ether oxygens (including phenoxy) is 1. The van der Waals surface area contributed by atoms with Gasteiger partial charge in [0.1, 0.15) is 11.8 Å². The molecular weight excluding hydrogens is 396 g/mol. The molecule has 0 spiro atoms. The fraction of sp³-hybridized carbons (Fsp3) is 0.348. The van der Waals surface area contributed by atoms with Crippen LogP contribution in [0.25, 0.3) is 0 Å². The Kier molecular flexibility index (Phi) is 7.12. The van der Waals surface area contributed by atoms with Crippen LogP contribution in [0.1, 0.15) is 29.8 Å². The molecule has 164 valence electrons. The van der Waals surface area contributed by atoms with E-state index in [1.807, 2.05) is 44.2 Å². The highest BCUT2D eigenvalue weighted by molar-refractivity contribution is 5.96. The summed E-state index contributed by atoms with van der Waals surface area (Å²) < 4.78 is 5.10. The van der Waals surface area contributed by atoms with Crippen LogP contribution in [0.3, 0.4) is 0 Å². The molecule has 0 aliphatic carbocycles. The summed E-state index contributed by atoms with van der Waals surface area (Å²) in [4.78, 5) is 40.0. The lowest BCUT2D eigenvalue weighted by atomic mass is 10.0. The van der Waals surface area contributed by atoms with Crippen LogP contribution >= 0.6 is 0 Å². The van der Waals surface area contributed by atoms with Gasteiger partial charge in [0, 0.05) is 24.6 Å². The molecule has 2 aromatic carbocycles. The predicted molar refractivity (Wildman–Crippen MR) is 116 cm³/mol. The van der Waals surface area contributed by atoms with Gasteiger partial charge in [-0.2, -0.15) is 0 Å². The summed E-state index contributed by atoms with van der Waals surface area (Å²) in [5.41, 5.74) is 4.01. The molecule has 0 radical (unpaired) electrons. The Labute approximate surface area is 182 Å². The Hall–Kier alpha value is -3.55. The van der Waals surface area contributed by atoms with Crippen LogP contribution in [0.4, 0.5) is 4.79 Å². The van der Waals surface area contributed by atoms with E-state index in [0.29, 0.717) is 30.8 Å². The second-order valence-corrected chi connectivity index (χ2v) is 7.67. The molecule has 1 saturated heterocycles. The number of hydrazine groups is 1. The van der Waals surface area contributed by atoms with Gasteiger partial charge in [-0.05, 0) is 43.7 Å². The lowest BCUT2D eigenvalue weighted by Crippen LogP contribution is -2.53. The minimum Gasteiger partial charge on any atom is -0.497 e. The SMILES string of the molecule is COc1ccc(C(=O)NN2CCN([C@H](Cc3ccccc3)C(=O)NC(C)C)C2=O)cc1. The fourth-order valence-corrected chi connectivity index (χ4v) is 3.44. The van der Waals surface area contributed by atoms with E-state index in [2.05, 4.69) is 10.7 Å². The average molecular weight is 425 g/mol. The Morgan fingerprint density at radius 3 is 2.32 bits per heavy atom. The molecule has 3 rings (SSSR count). The molecular formula is C23H28N4O4. The number of rotatable bonds is 8. The van der Waals surface area contributed by atoms with Crippen LogP contribution in [0, 0.1) is 0 Å². The molecule has 1 aliphatic heterocycles. The van der Waals surface area contributed by atoms with Gasteiger partial charge < -0.3 is 15.0 Å². The van der Waals surface area contributed by atoms with Crippen LogP contribution in [-0.2, 0) is 11.2 Å². The number of amides is 4. The predicted octanol–water partition coefficient (Wildman–Crippen LogP) is 2.21. The van der Waals surface area contributed by atoms with E-state index in [0.717, 1.165) is 5.56 Å². The quantitative estimate of drug-likeness (QED) is 0.680. The van der Waals surface area contributed by atoms with Crippen molar-refractivity contribution in [3.63, 3.8) is 0 Å². The van der Waals surface area contributed by atoms with Gasteiger partial charge in [0.15, 0.2) is 0 Å². The van der Waals surface area contributed by atoms with Gasteiger partial charge in [0.2, 0.25) is 5.91 Å². The van der Waals surface area contributed by atoms with Crippen molar-refractivity contribution in [3.8, 4) is 5.75 Å². The molecule has 8 nitrogen and oxygen atoms in total. The second-order valence-electron chi connectivity index (χ2n) is 7.67. The molecule has 1 aliphatic rings. The number of carbonyl (C=O) groups is 3. The first-order valence-corrected chi connectivity index (χ1v) is 10.3. The summed E-state index contributed by atoms with van der Waals surface area (Å²) in [5, 5.41) is 4.16. The fourth-order valence-electron chi connectivity index (χ4n) is 3.44. The third-order valence-electron chi connectivity index (χ3n) is 5.01. The number of hydrogen-bond acceptors (Lipinski definition) is 4. The molecule has 2 N–H and O–H groups in total. The van der Waals surface area contributed by atoms with Crippen molar-refractivity contribution in [2.75, 3.05) is 20.2 Å². The van der Waals surface area contributed by atoms with Crippen molar-refractivity contribution < 1.29 is 19.1 Å². The molecule has 0 bridgehead atoms. The molecule has 1 fully saturated rings. The summed E-state index contributed by atoms with van der Waals surface area (Å²) in [7, 11) is 1.55. The molecule has 4 amide bonds. The van der Waals surface area contributed by atoms with E-state index in [9.17, 15) is 14.4 Å². The first-order valence-electron chi connectivity index (χ1n) is 10.3. The van der Waals surface area contributed by atoms with Crippen LogP contribution in [0.15, 0.2) is 54.6 Å². The zero-order valence-electron chi connectivity index (χ0n) is 18.0. The highest BCUT2D eigenvalue weighted by Crippen LogP contribution is 2.17. The molecule has 0 saturated carbocycles. The van der Waals surface area contributed by atoms with Crippen molar-refractivity contribution in [1.82, 2.24) is 20.7 Å². The Morgan fingerprint density at radius 1 is 1.03 bits per heavy atom. The zero-order valence-corrected chi connectivity index (χ0v) is 18.0. The van der Waals surface area contributed by atoms with Gasteiger partial charge in [0.05, 0.1) is 13.7 Å². The number of urea groups is 1. The van der Waals surface area contributed by atoms with Crippen LogP contribution in [-0.4, -0.2) is 60.0 Å². The molecule has 2 aromatic rings. The maximum absolute atomic E-state index is 13.0. The van der Waals surface area contributed by atoms with E-state index in [-0.39, 0.29) is 11.9 Å². The summed E-state index contributed by atoms with van der Waals surface area (Å²) in [6.45, 7) is 4.39. The van der Waals surface area contributed by atoms with Crippen molar-refractivity contribution in [1.29, 1.82) is 0 Å². The third kappa shape index (κ3) is 5.53. The maximum Gasteiger partial charge on any atom is 0.339 e. The lowest BCUT2D eigenvalue weighted by Gasteiger charge is -2.28. The summed E-state index contributed by atoms with van der Waals surface area (Å²) >= 11 is 0. The highest BCUT2D eigenvalue weighted by atomic mass is 16.5. The molecule has 0 aromatic heterocycles. The minimum atomic E-state index is -0.666. The number of hydrogen-bond donors (Lipinski definition) is 2. The van der Waals surface area contributed by atoms with E-state index in [4.69, 9.17) is 4.74 Å². The normalized spacial score (nSPS) is 14.5. The van der Waals surface area contributed by atoms with Gasteiger partial charge >= 0.3 is 6.03 Å². The summed E-state index contributed by atoms with van der Waals surface area (Å²) in [6, 6.07) is 15.1. The summed E-state index contributed by atoms with van der Waals surface area (Å²) in [6.07, 6.45) is 0.394. The number of nitrogens with one attached hydrogen (secondary N) is 2. The third-order valence-corrected chi connectivity index (χ3v) is 5.01. The number of carbonyl (C=O) groups excluding carboxylic acids is 3. The van der Waals surface area contributed by atoms with Crippen molar-refractivity contribution >= 4 is 17.8 Å². The van der Waals surface area contributed by atoms with Crippen molar-refractivity contribution in [2.45, 2.75) is 32.4 Å². The molecule has 31 heavy (non-hydrogen) atoms. The summed E-state index contributed by atoms with van der Waals surface area (Å²) in [5.74, 6) is 0.0273. The molecule has 8 heteroatoms. The van der Waals surface area contributed by atoms with Crippen LogP contribution in [0.2, 0.25) is 0 Å². The number of methoxy groups -OCH3 is 1. The minimum absolute atomic E-state index is 0.0469. The highest BCUT2D eigenvalue weighted by Gasteiger charge is 2.38. The van der Waals surface area contributed by atoms with Crippen LogP contribution in [0.5, 0.6) is 5.75 Å². The number of nitrogens with zero attached hydrogens (tertiary/aromatic N) is 2. The van der Waals surface area contributed by atoms with Crippen molar-refractivity contribution in [2.24, 2.45) is 0 Å². The smallest absolute Gasteiger partial charge is 0.339 e. The number of benzene rings is 2. The lowest BCUT2D eigenvalue weighted by molar-refractivity contribution is -0.125. The Morgan fingerprint density at radius 2 is 1.71 bits per heavy atom. The van der Waals surface area contributed by atoms with Gasteiger partial charge in [-0.15, -0.1) is 0 Å². The standard InChI is InChI=1S/C23H28N4O4/c1-16(2)24-22(29)20(15-17-7-5-4-6-8-17)26-13-14-27(23(26)30)25-21(28)18-9-11-19(31-3)12-10-18/h4-12,16,20H,13-15H2,1-3H3,(H,24,29)(H,25,28)/t20-/m1/s1. The maximum atomic E-state index is 13.0. The van der Waals surface area contributed by atoms with Gasteiger partial charge in [-0.3, -0.25) is 15.0 Å². The van der Waals surface area contributed by atoms with E-state index >= 15 is 0 Å². The second kappa shape index (κ2) is 9.97. The largest absolute Gasteiger partial charge is 0.497 e.